The largest absolute Gasteiger partial charge is 0.377 e. The fourth-order valence-corrected chi connectivity index (χ4v) is 4.26. The second kappa shape index (κ2) is 8.48. The highest BCUT2D eigenvalue weighted by atomic mass is 16.5. The summed E-state index contributed by atoms with van der Waals surface area (Å²) in [7, 11) is 1.73. The van der Waals surface area contributed by atoms with E-state index in [-0.39, 0.29) is 17.6 Å². The molecule has 0 saturated carbocycles. The Balaban J connectivity index is 1.66. The van der Waals surface area contributed by atoms with Crippen molar-refractivity contribution in [2.45, 2.75) is 25.9 Å². The molecule has 5 heterocycles. The highest BCUT2D eigenvalue weighted by Gasteiger charge is 2.27. The lowest BCUT2D eigenvalue weighted by Crippen LogP contribution is -2.46. The van der Waals surface area contributed by atoms with Crippen LogP contribution in [-0.4, -0.2) is 71.1 Å². The number of hydrogen-bond donors (Lipinski definition) is 0. The van der Waals surface area contributed by atoms with Crippen LogP contribution in [0.2, 0.25) is 0 Å². The van der Waals surface area contributed by atoms with Crippen molar-refractivity contribution in [2.24, 2.45) is 7.05 Å². The number of pyridine rings is 2. The molecule has 0 amide bonds. The van der Waals surface area contributed by atoms with Crippen LogP contribution in [0.1, 0.15) is 13.8 Å². The van der Waals surface area contributed by atoms with Gasteiger partial charge in [-0.2, -0.15) is 9.97 Å². The van der Waals surface area contributed by atoms with Gasteiger partial charge in [0.2, 0.25) is 5.95 Å². The number of aryl methyl sites for hydroxylation is 1. The number of hydrogen-bond acceptors (Lipinski definition) is 8. The third-order valence-corrected chi connectivity index (χ3v) is 6.19. The normalized spacial score (nSPS) is 21.8. The summed E-state index contributed by atoms with van der Waals surface area (Å²) >= 11 is 0. The van der Waals surface area contributed by atoms with Crippen molar-refractivity contribution in [2.75, 3.05) is 49.3 Å². The third-order valence-electron chi connectivity index (χ3n) is 6.19. The van der Waals surface area contributed by atoms with Crippen LogP contribution in [0.4, 0.5) is 11.8 Å². The van der Waals surface area contributed by atoms with E-state index in [1.54, 1.807) is 23.9 Å². The minimum Gasteiger partial charge on any atom is -0.377 e. The Kier molecular flexibility index (Phi) is 5.52. The fourth-order valence-electron chi connectivity index (χ4n) is 4.26. The smallest absolute Gasteiger partial charge is 0.250 e. The Morgan fingerprint density at radius 2 is 1.66 bits per heavy atom. The van der Waals surface area contributed by atoms with Gasteiger partial charge in [-0.25, -0.2) is 4.98 Å². The van der Waals surface area contributed by atoms with Crippen molar-refractivity contribution in [3.8, 4) is 11.3 Å². The average molecular weight is 437 g/mol. The molecule has 0 aliphatic carbocycles. The number of aromatic nitrogens is 4. The number of morpholine rings is 2. The first-order valence-corrected chi connectivity index (χ1v) is 11.1. The molecule has 2 atom stereocenters. The highest BCUT2D eigenvalue weighted by Crippen LogP contribution is 2.31. The Morgan fingerprint density at radius 3 is 2.34 bits per heavy atom. The van der Waals surface area contributed by atoms with E-state index in [1.807, 2.05) is 18.2 Å². The number of nitrogens with zero attached hydrogens (tertiary/aromatic N) is 6. The van der Waals surface area contributed by atoms with Gasteiger partial charge < -0.3 is 23.8 Å². The predicted molar refractivity (Wildman–Crippen MR) is 123 cm³/mol. The molecule has 168 valence electrons. The number of fused-ring (bicyclic) bond motifs is 1. The van der Waals surface area contributed by atoms with Crippen LogP contribution >= 0.6 is 0 Å². The Bertz CT molecular complexity index is 1200. The molecular weight excluding hydrogens is 408 g/mol. The van der Waals surface area contributed by atoms with Gasteiger partial charge in [0.05, 0.1) is 49.6 Å². The summed E-state index contributed by atoms with van der Waals surface area (Å²) in [4.78, 5) is 31.3. The van der Waals surface area contributed by atoms with Crippen molar-refractivity contribution < 1.29 is 9.47 Å². The maximum atomic E-state index is 12.1. The lowest BCUT2D eigenvalue weighted by Gasteiger charge is -2.37. The molecule has 2 saturated heterocycles. The lowest BCUT2D eigenvalue weighted by molar-refractivity contribution is 0.0973. The molecule has 2 aliphatic rings. The van der Waals surface area contributed by atoms with E-state index in [2.05, 4.69) is 23.6 Å². The molecule has 32 heavy (non-hydrogen) atoms. The van der Waals surface area contributed by atoms with E-state index >= 15 is 0 Å². The van der Waals surface area contributed by atoms with Crippen molar-refractivity contribution >= 4 is 22.8 Å². The van der Waals surface area contributed by atoms with Crippen LogP contribution < -0.4 is 15.4 Å². The van der Waals surface area contributed by atoms with Crippen LogP contribution in [0.3, 0.4) is 0 Å². The van der Waals surface area contributed by atoms with Gasteiger partial charge in [-0.15, -0.1) is 0 Å². The van der Waals surface area contributed by atoms with Gasteiger partial charge in [-0.1, -0.05) is 0 Å². The zero-order valence-electron chi connectivity index (χ0n) is 18.7. The van der Waals surface area contributed by atoms with Gasteiger partial charge in [0.25, 0.3) is 5.56 Å². The van der Waals surface area contributed by atoms with E-state index < -0.39 is 0 Å². The predicted octanol–water partition coefficient (Wildman–Crippen LogP) is 1.84. The molecule has 0 unspecified atom stereocenters. The zero-order valence-corrected chi connectivity index (χ0v) is 18.7. The maximum Gasteiger partial charge on any atom is 0.250 e. The van der Waals surface area contributed by atoms with Gasteiger partial charge in [-0.05, 0) is 32.0 Å². The van der Waals surface area contributed by atoms with Crippen LogP contribution in [-0.2, 0) is 16.5 Å². The SMILES string of the molecule is C[C@H]1COCCN1c1nc(N2CCOC[C@@H]2C)c2ccc(-c3ccn(C)c(=O)c3)nc2n1. The van der Waals surface area contributed by atoms with Crippen LogP contribution in [0.25, 0.3) is 22.3 Å². The lowest BCUT2D eigenvalue weighted by atomic mass is 10.1. The topological polar surface area (TPSA) is 85.6 Å². The molecule has 0 N–H and O–H groups in total. The standard InChI is InChI=1S/C23H28N6O3/c1-15-13-31-10-8-28(15)22-18-4-5-19(17-6-7-27(3)20(30)12-17)24-21(18)25-23(26-22)29-9-11-32-14-16(29)2/h4-7,12,15-16H,8-11,13-14H2,1-3H3/t15-,16-/m0/s1. The van der Waals surface area contributed by atoms with Crippen molar-refractivity contribution in [1.29, 1.82) is 0 Å². The summed E-state index contributed by atoms with van der Waals surface area (Å²) in [6, 6.07) is 7.83. The Labute approximate surface area is 186 Å². The second-order valence-corrected chi connectivity index (χ2v) is 8.51. The molecule has 0 radical (unpaired) electrons. The highest BCUT2D eigenvalue weighted by molar-refractivity contribution is 5.90. The van der Waals surface area contributed by atoms with Gasteiger partial charge >= 0.3 is 0 Å². The third kappa shape index (κ3) is 3.82. The summed E-state index contributed by atoms with van der Waals surface area (Å²) in [5.74, 6) is 1.54. The molecule has 0 aromatic carbocycles. The van der Waals surface area contributed by atoms with E-state index in [0.717, 1.165) is 35.6 Å². The molecule has 9 heteroatoms. The van der Waals surface area contributed by atoms with E-state index in [0.29, 0.717) is 38.0 Å². The molecule has 2 fully saturated rings. The van der Waals surface area contributed by atoms with E-state index in [4.69, 9.17) is 24.4 Å². The Morgan fingerprint density at radius 1 is 0.938 bits per heavy atom. The zero-order chi connectivity index (χ0) is 22.2. The van der Waals surface area contributed by atoms with Gasteiger partial charge in [-0.3, -0.25) is 4.79 Å². The van der Waals surface area contributed by atoms with E-state index in [1.165, 1.54) is 0 Å². The number of anilines is 2. The number of ether oxygens (including phenoxy) is 2. The van der Waals surface area contributed by atoms with Crippen molar-refractivity contribution in [3.05, 3.63) is 40.8 Å². The van der Waals surface area contributed by atoms with Gasteiger partial charge in [0, 0.05) is 38.0 Å². The Hall–Kier alpha value is -3.04. The summed E-state index contributed by atoms with van der Waals surface area (Å²) in [6.07, 6.45) is 1.76. The van der Waals surface area contributed by atoms with Crippen molar-refractivity contribution in [1.82, 2.24) is 19.5 Å². The molecule has 0 spiro atoms. The quantitative estimate of drug-likeness (QED) is 0.615. The molecule has 3 aromatic heterocycles. The summed E-state index contributed by atoms with van der Waals surface area (Å²) in [5.41, 5.74) is 2.05. The molecular formula is C23H28N6O3. The molecule has 3 aromatic rings. The molecule has 5 rings (SSSR count). The first kappa shape index (κ1) is 20.8. The van der Waals surface area contributed by atoms with Crippen LogP contribution in [0.15, 0.2) is 35.3 Å². The van der Waals surface area contributed by atoms with Crippen LogP contribution in [0, 0.1) is 0 Å². The number of rotatable bonds is 3. The maximum absolute atomic E-state index is 12.1. The first-order valence-electron chi connectivity index (χ1n) is 11.1. The average Bonchev–Trinajstić information content (AvgIpc) is 2.80. The second-order valence-electron chi connectivity index (χ2n) is 8.51. The summed E-state index contributed by atoms with van der Waals surface area (Å²) < 4.78 is 12.8. The minimum absolute atomic E-state index is 0.0715. The van der Waals surface area contributed by atoms with Crippen molar-refractivity contribution in [3.63, 3.8) is 0 Å². The van der Waals surface area contributed by atoms with Gasteiger partial charge in [0.15, 0.2) is 5.65 Å². The molecule has 0 bridgehead atoms. The monoisotopic (exact) mass is 436 g/mol. The summed E-state index contributed by atoms with van der Waals surface area (Å²) in [6.45, 7) is 8.38. The van der Waals surface area contributed by atoms with E-state index in [9.17, 15) is 4.79 Å². The summed E-state index contributed by atoms with van der Waals surface area (Å²) in [5, 5.41) is 0.899. The first-order chi connectivity index (χ1) is 15.5. The minimum atomic E-state index is -0.0715. The molecule has 9 nitrogen and oxygen atoms in total. The van der Waals surface area contributed by atoms with Crippen LogP contribution in [0.5, 0.6) is 0 Å². The fraction of sp³-hybridized carbons (Fsp3) is 0.478. The molecule has 2 aliphatic heterocycles. The van der Waals surface area contributed by atoms with Gasteiger partial charge in [0.1, 0.15) is 5.82 Å².